The Kier molecular flexibility index (Phi) is 6.52. The zero-order chi connectivity index (χ0) is 15.8. The number of amides is 1. The molecule has 116 valence electrons. The van der Waals surface area contributed by atoms with E-state index in [4.69, 9.17) is 15.6 Å². The number of aromatic carboxylic acids is 1. The zero-order valence-electron chi connectivity index (χ0n) is 12.4. The minimum atomic E-state index is -1.12. The molecule has 4 N–H and O–H groups in total. The molecule has 21 heavy (non-hydrogen) atoms. The van der Waals surface area contributed by atoms with Crippen molar-refractivity contribution >= 4 is 17.6 Å². The predicted octanol–water partition coefficient (Wildman–Crippen LogP) is 2.04. The van der Waals surface area contributed by atoms with E-state index in [9.17, 15) is 9.59 Å². The van der Waals surface area contributed by atoms with Crippen molar-refractivity contribution in [2.75, 3.05) is 12.3 Å². The molecule has 0 bridgehead atoms. The lowest BCUT2D eigenvalue weighted by Gasteiger charge is -2.16. The van der Waals surface area contributed by atoms with Crippen LogP contribution in [0.4, 0.5) is 5.69 Å². The largest absolute Gasteiger partial charge is 0.480 e. The molecule has 0 radical (unpaired) electrons. The van der Waals surface area contributed by atoms with E-state index in [1.807, 2.05) is 0 Å². The van der Waals surface area contributed by atoms with Crippen LogP contribution in [0.5, 0.6) is 5.75 Å². The Morgan fingerprint density at radius 3 is 2.71 bits per heavy atom. The van der Waals surface area contributed by atoms with Crippen LogP contribution in [-0.4, -0.2) is 29.6 Å². The molecule has 1 amide bonds. The van der Waals surface area contributed by atoms with Gasteiger partial charge in [-0.2, -0.15) is 0 Å². The van der Waals surface area contributed by atoms with Gasteiger partial charge in [-0.05, 0) is 25.5 Å². The van der Waals surface area contributed by atoms with Gasteiger partial charge < -0.3 is 20.9 Å². The molecule has 0 saturated heterocycles. The van der Waals surface area contributed by atoms with Crippen molar-refractivity contribution in [2.45, 2.75) is 39.2 Å². The van der Waals surface area contributed by atoms with Gasteiger partial charge in [0, 0.05) is 18.3 Å². The number of hydrogen-bond donors (Lipinski definition) is 3. The maximum atomic E-state index is 11.9. The van der Waals surface area contributed by atoms with Crippen molar-refractivity contribution in [1.82, 2.24) is 5.32 Å². The average molecular weight is 294 g/mol. The van der Waals surface area contributed by atoms with E-state index in [-0.39, 0.29) is 17.2 Å². The Bertz CT molecular complexity index is 502. The van der Waals surface area contributed by atoms with Crippen LogP contribution in [0.1, 0.15) is 43.5 Å². The summed E-state index contributed by atoms with van der Waals surface area (Å²) in [5.41, 5.74) is 5.98. The quantitative estimate of drug-likeness (QED) is 0.503. The molecule has 0 saturated carbocycles. The summed E-state index contributed by atoms with van der Waals surface area (Å²) < 4.78 is 5.43. The molecule has 1 unspecified atom stereocenters. The maximum absolute atomic E-state index is 11.9. The molecular weight excluding hydrogens is 272 g/mol. The number of hydrogen-bond acceptors (Lipinski definition) is 4. The van der Waals surface area contributed by atoms with Gasteiger partial charge >= 0.3 is 5.97 Å². The molecule has 6 nitrogen and oxygen atoms in total. The summed E-state index contributed by atoms with van der Waals surface area (Å²) in [6.07, 6.45) is 2.25. The van der Waals surface area contributed by atoms with Gasteiger partial charge in [-0.1, -0.05) is 19.8 Å². The first-order valence-electron chi connectivity index (χ1n) is 7.03. The SMILES string of the molecule is CCCCCNC(=O)C(C)Oc1cc(N)ccc1C(=O)O. The third-order valence-corrected chi connectivity index (χ3v) is 2.99. The van der Waals surface area contributed by atoms with Crippen molar-refractivity contribution in [3.63, 3.8) is 0 Å². The van der Waals surface area contributed by atoms with Crippen LogP contribution in [0.25, 0.3) is 0 Å². The van der Waals surface area contributed by atoms with Crippen LogP contribution < -0.4 is 15.8 Å². The fourth-order valence-electron chi connectivity index (χ4n) is 1.79. The Hall–Kier alpha value is -2.24. The molecule has 1 atom stereocenters. The minimum absolute atomic E-state index is 0.0187. The Morgan fingerprint density at radius 2 is 2.10 bits per heavy atom. The van der Waals surface area contributed by atoms with E-state index in [0.717, 1.165) is 19.3 Å². The fraction of sp³-hybridized carbons (Fsp3) is 0.467. The highest BCUT2D eigenvalue weighted by molar-refractivity contribution is 5.91. The lowest BCUT2D eigenvalue weighted by Crippen LogP contribution is -2.37. The predicted molar refractivity (Wildman–Crippen MR) is 80.4 cm³/mol. The second kappa shape index (κ2) is 8.14. The Labute approximate surface area is 124 Å². The van der Waals surface area contributed by atoms with E-state index in [1.165, 1.54) is 18.2 Å². The summed E-state index contributed by atoms with van der Waals surface area (Å²) in [5.74, 6) is -1.30. The third kappa shape index (κ3) is 5.33. The average Bonchev–Trinajstić information content (AvgIpc) is 2.43. The van der Waals surface area contributed by atoms with Crippen LogP contribution in [0.15, 0.2) is 18.2 Å². The van der Waals surface area contributed by atoms with Gasteiger partial charge in [0.1, 0.15) is 11.3 Å². The number of nitrogens with one attached hydrogen (secondary N) is 1. The van der Waals surface area contributed by atoms with Crippen LogP contribution >= 0.6 is 0 Å². The van der Waals surface area contributed by atoms with E-state index >= 15 is 0 Å². The zero-order valence-corrected chi connectivity index (χ0v) is 12.4. The van der Waals surface area contributed by atoms with Crippen LogP contribution in [0.2, 0.25) is 0 Å². The monoisotopic (exact) mass is 294 g/mol. The minimum Gasteiger partial charge on any atom is -0.480 e. The van der Waals surface area contributed by atoms with Crippen molar-refractivity contribution in [3.05, 3.63) is 23.8 Å². The second-order valence-electron chi connectivity index (χ2n) is 4.82. The first-order valence-corrected chi connectivity index (χ1v) is 7.03. The van der Waals surface area contributed by atoms with Crippen LogP contribution in [0.3, 0.4) is 0 Å². The summed E-state index contributed by atoms with van der Waals surface area (Å²) >= 11 is 0. The molecule has 1 aromatic carbocycles. The number of carbonyl (C=O) groups excluding carboxylic acids is 1. The number of carboxylic acid groups (broad SMARTS) is 1. The summed E-state index contributed by atoms with van der Waals surface area (Å²) in [6, 6.07) is 4.25. The molecule has 0 aromatic heterocycles. The number of carboxylic acids is 1. The molecule has 0 aliphatic carbocycles. The summed E-state index contributed by atoms with van der Waals surface area (Å²) in [4.78, 5) is 23.0. The van der Waals surface area contributed by atoms with Crippen molar-refractivity contribution < 1.29 is 19.4 Å². The number of ether oxygens (including phenoxy) is 1. The number of nitrogen functional groups attached to an aromatic ring is 1. The number of anilines is 1. The molecule has 0 aliphatic heterocycles. The standard InChI is InChI=1S/C15H22N2O4/c1-3-4-5-8-17-14(18)10(2)21-13-9-11(16)6-7-12(13)15(19)20/h6-7,9-10H,3-5,8,16H2,1-2H3,(H,17,18)(H,19,20). The van der Waals surface area contributed by atoms with Crippen molar-refractivity contribution in [1.29, 1.82) is 0 Å². The van der Waals surface area contributed by atoms with Gasteiger partial charge in [-0.15, -0.1) is 0 Å². The van der Waals surface area contributed by atoms with E-state index in [2.05, 4.69) is 12.2 Å². The highest BCUT2D eigenvalue weighted by Gasteiger charge is 2.18. The normalized spacial score (nSPS) is 11.7. The van der Waals surface area contributed by atoms with Gasteiger partial charge in [-0.3, -0.25) is 4.79 Å². The molecule has 1 rings (SSSR count). The summed E-state index contributed by atoms with van der Waals surface area (Å²) in [5, 5.41) is 11.8. The fourth-order valence-corrected chi connectivity index (χ4v) is 1.79. The van der Waals surface area contributed by atoms with E-state index < -0.39 is 12.1 Å². The number of nitrogens with two attached hydrogens (primary N) is 1. The molecule has 0 heterocycles. The first-order chi connectivity index (χ1) is 9.95. The van der Waals surface area contributed by atoms with Crippen LogP contribution in [-0.2, 0) is 4.79 Å². The first kappa shape index (κ1) is 16.8. The number of benzene rings is 1. The molecule has 0 spiro atoms. The molecule has 0 fully saturated rings. The van der Waals surface area contributed by atoms with Gasteiger partial charge in [0.05, 0.1) is 0 Å². The smallest absolute Gasteiger partial charge is 0.339 e. The maximum Gasteiger partial charge on any atom is 0.339 e. The number of carbonyl (C=O) groups is 2. The van der Waals surface area contributed by atoms with Gasteiger partial charge in [-0.25, -0.2) is 4.79 Å². The lowest BCUT2D eigenvalue weighted by molar-refractivity contribution is -0.127. The topological polar surface area (TPSA) is 102 Å². The lowest BCUT2D eigenvalue weighted by atomic mass is 10.2. The van der Waals surface area contributed by atoms with E-state index in [1.54, 1.807) is 6.92 Å². The number of rotatable bonds is 8. The molecule has 0 aliphatic rings. The third-order valence-electron chi connectivity index (χ3n) is 2.99. The van der Waals surface area contributed by atoms with Crippen molar-refractivity contribution in [3.8, 4) is 5.75 Å². The molecule has 6 heteroatoms. The summed E-state index contributed by atoms with van der Waals surface area (Å²) in [6.45, 7) is 4.24. The van der Waals surface area contributed by atoms with Crippen LogP contribution in [0, 0.1) is 0 Å². The van der Waals surface area contributed by atoms with E-state index in [0.29, 0.717) is 12.2 Å². The van der Waals surface area contributed by atoms with Crippen molar-refractivity contribution in [2.24, 2.45) is 0 Å². The van der Waals surface area contributed by atoms with Gasteiger partial charge in [0.2, 0.25) is 0 Å². The Balaban J connectivity index is 2.65. The molecule has 1 aromatic rings. The Morgan fingerprint density at radius 1 is 1.38 bits per heavy atom. The second-order valence-corrected chi connectivity index (χ2v) is 4.82. The molecular formula is C15H22N2O4. The van der Waals surface area contributed by atoms with Gasteiger partial charge in [0.25, 0.3) is 5.91 Å². The summed E-state index contributed by atoms with van der Waals surface area (Å²) in [7, 11) is 0. The van der Waals surface area contributed by atoms with Gasteiger partial charge in [0.15, 0.2) is 6.10 Å². The number of unbranched alkanes of at least 4 members (excludes halogenated alkanes) is 2. The highest BCUT2D eigenvalue weighted by Crippen LogP contribution is 2.23. The highest BCUT2D eigenvalue weighted by atomic mass is 16.5.